The van der Waals surface area contributed by atoms with E-state index in [1.54, 1.807) is 91.0 Å². The molecule has 0 saturated carbocycles. The van der Waals surface area contributed by atoms with Crippen molar-refractivity contribution >= 4 is 104 Å². The second-order valence-electron chi connectivity index (χ2n) is 25.2. The van der Waals surface area contributed by atoms with Gasteiger partial charge < -0.3 is 55.9 Å². The number of rotatable bonds is 44. The Balaban J connectivity index is 0.617. The molecule has 3 heterocycles. The summed E-state index contributed by atoms with van der Waals surface area (Å²) in [5.74, 6) is -1.28. The standard InChI is InChI=1S/C81H83Cl3O21/c82-64-46-57(79(91)100-60-34-25-54-31-40-76(88)103-70(54)49-60)28-37-67(64)94-43-19-13-7-1-4-10-16-22-73(85)97-52-63(99-75(87)24-18-12-6-3-9-15-21-45-96-69-39-30-59(48-66(69)84)81(93)102-62-36-27-56-33-42-78(90)105-72(56)51-62)53-98-74(86)23-17-11-5-2-8-14-20-44-95-68-38-29-58(47-65(68)83)80(92)101-61-35-26-55-32-41-77(89)104-71(55)50-61/h25-42,46-51,63H,1-24,43-45,52-53H2. The summed E-state index contributed by atoms with van der Waals surface area (Å²) in [7, 11) is 0. The van der Waals surface area contributed by atoms with E-state index < -0.39 is 58.8 Å². The maximum atomic E-state index is 13.1. The van der Waals surface area contributed by atoms with Gasteiger partial charge in [0, 0.05) is 71.8 Å². The molecular weight excluding hydrogens is 1420 g/mol. The van der Waals surface area contributed by atoms with E-state index in [9.17, 15) is 43.2 Å². The highest BCUT2D eigenvalue weighted by atomic mass is 35.5. The quantitative estimate of drug-likeness (QED) is 0.0113. The molecule has 0 aliphatic rings. The molecule has 9 rings (SSSR count). The molecular formula is C81H83Cl3O21. The number of halogens is 3. The van der Waals surface area contributed by atoms with E-state index in [1.165, 1.54) is 54.6 Å². The fourth-order valence-electron chi connectivity index (χ4n) is 11.2. The number of fused-ring (bicyclic) bond motifs is 3. The molecule has 3 aromatic heterocycles. The van der Waals surface area contributed by atoms with Crippen LogP contribution in [0.3, 0.4) is 0 Å². The van der Waals surface area contributed by atoms with Gasteiger partial charge in [-0.3, -0.25) is 14.4 Å². The highest BCUT2D eigenvalue weighted by Crippen LogP contribution is 2.32. The Bertz CT molecular complexity index is 4410. The van der Waals surface area contributed by atoms with Crippen LogP contribution in [0.2, 0.25) is 15.1 Å². The SMILES string of the molecule is O=C(CCCCCCCCCOc1ccc(C(=O)Oc2ccc3ccc(=O)oc3c2)cc1Cl)OCC(COC(=O)CCCCCCCCCOc1ccc(C(=O)Oc2ccc3ccc(=O)oc3c2)cc1Cl)OC(=O)CCCCCCCCCOc1ccc(C(=O)Oc2ccc3ccc(=O)oc3c2)cc1Cl. The third-order valence-electron chi connectivity index (χ3n) is 16.9. The number of carbonyl (C=O) groups excluding carboxylic acids is 6. The maximum absolute atomic E-state index is 13.1. The van der Waals surface area contributed by atoms with Gasteiger partial charge in [-0.1, -0.05) is 131 Å². The predicted octanol–water partition coefficient (Wildman–Crippen LogP) is 18.5. The summed E-state index contributed by atoms with van der Waals surface area (Å²) >= 11 is 19.4. The molecule has 0 N–H and O–H groups in total. The van der Waals surface area contributed by atoms with Crippen molar-refractivity contribution < 1.29 is 84.7 Å². The Morgan fingerprint density at radius 1 is 0.314 bits per heavy atom. The normalized spacial score (nSPS) is 11.2. The summed E-state index contributed by atoms with van der Waals surface area (Å²) in [5, 5.41) is 2.85. The first-order chi connectivity index (χ1) is 51.0. The molecule has 0 spiro atoms. The third-order valence-corrected chi connectivity index (χ3v) is 17.8. The monoisotopic (exact) mass is 1500 g/mol. The van der Waals surface area contributed by atoms with Crippen LogP contribution in [-0.2, 0) is 28.6 Å². The fraction of sp³-hybridized carbons (Fsp3) is 0.370. The zero-order chi connectivity index (χ0) is 74.1. The van der Waals surface area contributed by atoms with Crippen LogP contribution in [0.4, 0.5) is 0 Å². The summed E-state index contributed by atoms with van der Waals surface area (Å²) < 4.78 is 66.5. The topological polar surface area (TPSA) is 276 Å². The van der Waals surface area contributed by atoms with Gasteiger partial charge in [0.15, 0.2) is 6.10 Å². The third kappa shape index (κ3) is 26.9. The fourth-order valence-corrected chi connectivity index (χ4v) is 11.9. The highest BCUT2D eigenvalue weighted by Gasteiger charge is 2.21. The van der Waals surface area contributed by atoms with Gasteiger partial charge in [0.25, 0.3) is 0 Å². The average molecular weight is 1500 g/mol. The highest BCUT2D eigenvalue weighted by molar-refractivity contribution is 6.33. The lowest BCUT2D eigenvalue weighted by Gasteiger charge is -2.18. The molecule has 0 unspecified atom stereocenters. The van der Waals surface area contributed by atoms with E-state index in [-0.39, 0.29) is 81.5 Å². The Morgan fingerprint density at radius 2 is 0.590 bits per heavy atom. The van der Waals surface area contributed by atoms with Crippen molar-refractivity contribution in [3.05, 3.63) is 209 Å². The predicted molar refractivity (Wildman–Crippen MR) is 396 cm³/mol. The minimum absolute atomic E-state index is 0.148. The minimum atomic E-state index is -0.970. The van der Waals surface area contributed by atoms with E-state index in [0.29, 0.717) is 89.2 Å². The summed E-state index contributed by atoms with van der Waals surface area (Å²) in [6.07, 6.45) is 17.4. The lowest BCUT2D eigenvalue weighted by atomic mass is 10.1. The number of hydrogen-bond donors (Lipinski definition) is 0. The molecule has 0 fully saturated rings. The summed E-state index contributed by atoms with van der Waals surface area (Å²) in [6.45, 7) is 0.788. The molecule has 0 bridgehead atoms. The molecule has 0 amide bonds. The van der Waals surface area contributed by atoms with Gasteiger partial charge in [0.05, 0.1) is 51.6 Å². The Kier molecular flexibility index (Phi) is 31.7. The maximum Gasteiger partial charge on any atom is 0.343 e. The number of unbranched alkanes of at least 4 members (excludes halogenated alkanes) is 18. The molecule has 0 aliphatic heterocycles. The molecule has 21 nitrogen and oxygen atoms in total. The van der Waals surface area contributed by atoms with Crippen molar-refractivity contribution in [1.82, 2.24) is 0 Å². The second-order valence-corrected chi connectivity index (χ2v) is 26.4. The van der Waals surface area contributed by atoms with E-state index in [4.69, 9.17) is 90.7 Å². The first kappa shape index (κ1) is 79.2. The zero-order valence-electron chi connectivity index (χ0n) is 58.1. The number of carbonyl (C=O) groups is 6. The van der Waals surface area contributed by atoms with Crippen molar-refractivity contribution in [2.75, 3.05) is 33.0 Å². The lowest BCUT2D eigenvalue weighted by Crippen LogP contribution is -2.30. The Morgan fingerprint density at radius 3 is 0.895 bits per heavy atom. The van der Waals surface area contributed by atoms with Gasteiger partial charge in [-0.2, -0.15) is 0 Å². The van der Waals surface area contributed by atoms with E-state index in [2.05, 4.69) is 0 Å². The Hall–Kier alpha value is -9.96. The molecule has 554 valence electrons. The molecule has 24 heteroatoms. The summed E-state index contributed by atoms with van der Waals surface area (Å²) in [4.78, 5) is 112. The average Bonchev–Trinajstić information content (AvgIpc) is 0.830. The van der Waals surface area contributed by atoms with Crippen molar-refractivity contribution in [2.45, 2.75) is 160 Å². The molecule has 0 radical (unpaired) electrons. The van der Waals surface area contributed by atoms with Crippen LogP contribution in [0.5, 0.6) is 34.5 Å². The van der Waals surface area contributed by atoms with Gasteiger partial charge in [-0.25, -0.2) is 28.8 Å². The van der Waals surface area contributed by atoms with Crippen molar-refractivity contribution in [3.63, 3.8) is 0 Å². The second kappa shape index (κ2) is 42.1. The number of ether oxygens (including phenoxy) is 9. The molecule has 0 atom stereocenters. The smallest absolute Gasteiger partial charge is 0.343 e. The molecule has 9 aromatic rings. The first-order valence-electron chi connectivity index (χ1n) is 35.5. The minimum Gasteiger partial charge on any atom is -0.492 e. The summed E-state index contributed by atoms with van der Waals surface area (Å²) in [5.41, 5.74) is 0.0257. The van der Waals surface area contributed by atoms with Gasteiger partial charge in [0.1, 0.15) is 64.5 Å². The zero-order valence-corrected chi connectivity index (χ0v) is 60.4. The number of hydrogen-bond acceptors (Lipinski definition) is 21. The largest absolute Gasteiger partial charge is 0.492 e. The van der Waals surface area contributed by atoms with Gasteiger partial charge in [0.2, 0.25) is 0 Å². The van der Waals surface area contributed by atoms with Crippen molar-refractivity contribution in [3.8, 4) is 34.5 Å². The van der Waals surface area contributed by atoms with Crippen LogP contribution in [0.25, 0.3) is 32.9 Å². The van der Waals surface area contributed by atoms with Crippen LogP contribution in [0.1, 0.15) is 185 Å². The van der Waals surface area contributed by atoms with E-state index in [1.807, 2.05) is 0 Å². The molecule has 6 aromatic carbocycles. The number of benzene rings is 6. The summed E-state index contributed by atoms with van der Waals surface area (Å²) in [6, 6.07) is 37.1. The van der Waals surface area contributed by atoms with Crippen molar-refractivity contribution in [1.29, 1.82) is 0 Å². The number of esters is 6. The first-order valence-corrected chi connectivity index (χ1v) is 36.7. The van der Waals surface area contributed by atoms with Crippen LogP contribution in [0.15, 0.2) is 173 Å². The Labute approximate surface area is 621 Å². The van der Waals surface area contributed by atoms with Crippen LogP contribution in [-0.4, -0.2) is 75.0 Å². The van der Waals surface area contributed by atoms with Gasteiger partial charge in [-0.05, 0) is 148 Å². The molecule has 0 saturated heterocycles. The lowest BCUT2D eigenvalue weighted by molar-refractivity contribution is -0.167. The van der Waals surface area contributed by atoms with E-state index >= 15 is 0 Å². The van der Waals surface area contributed by atoms with E-state index in [0.717, 1.165) is 116 Å². The van der Waals surface area contributed by atoms with Gasteiger partial charge in [-0.15, -0.1) is 0 Å². The van der Waals surface area contributed by atoms with Crippen LogP contribution < -0.4 is 45.3 Å². The van der Waals surface area contributed by atoms with Crippen LogP contribution >= 0.6 is 34.8 Å². The molecule has 105 heavy (non-hydrogen) atoms. The van der Waals surface area contributed by atoms with Crippen molar-refractivity contribution in [2.24, 2.45) is 0 Å². The molecule has 0 aliphatic carbocycles. The van der Waals surface area contributed by atoms with Crippen LogP contribution in [0, 0.1) is 0 Å². The van der Waals surface area contributed by atoms with Gasteiger partial charge >= 0.3 is 52.7 Å².